The highest BCUT2D eigenvalue weighted by atomic mass is 79.9. The maximum Gasteiger partial charge on any atom is 0.224 e. The Morgan fingerprint density at radius 2 is 1.62 bits per heavy atom. The minimum Gasteiger partial charge on any atom is -0.493 e. The number of benzene rings is 2. The first-order valence-electron chi connectivity index (χ1n) is 8.55. The molecule has 0 atom stereocenters. The first kappa shape index (κ1) is 20.3. The Kier molecular flexibility index (Phi) is 7.09. The number of methoxy groups -OCH3 is 2. The van der Waals surface area contributed by atoms with Crippen LogP contribution in [-0.2, 0) is 17.6 Å². The summed E-state index contributed by atoms with van der Waals surface area (Å²) in [7, 11) is 3.18. The second-order valence-electron chi connectivity index (χ2n) is 7.11. The van der Waals surface area contributed by atoms with Gasteiger partial charge in [-0.25, -0.2) is 0 Å². The second-order valence-corrected chi connectivity index (χ2v) is 8.03. The smallest absolute Gasteiger partial charge is 0.224 e. The van der Waals surface area contributed by atoms with Crippen molar-refractivity contribution in [1.29, 1.82) is 0 Å². The molecule has 0 unspecified atom stereocenters. The first-order chi connectivity index (χ1) is 12.3. The average Bonchev–Trinajstić information content (AvgIpc) is 2.62. The van der Waals surface area contributed by atoms with Gasteiger partial charge in [0, 0.05) is 11.0 Å². The van der Waals surface area contributed by atoms with Crippen LogP contribution in [0.5, 0.6) is 11.5 Å². The van der Waals surface area contributed by atoms with Crippen molar-refractivity contribution in [2.75, 3.05) is 20.8 Å². The molecule has 2 rings (SSSR count). The van der Waals surface area contributed by atoms with Crippen molar-refractivity contribution in [2.24, 2.45) is 5.41 Å². The number of rotatable bonds is 8. The lowest BCUT2D eigenvalue weighted by Crippen LogP contribution is -2.36. The Balaban J connectivity index is 1.90. The third-order valence-corrected chi connectivity index (χ3v) is 4.70. The maximum absolute atomic E-state index is 12.3. The molecule has 5 heteroatoms. The molecule has 0 aliphatic rings. The Bertz CT molecular complexity index is 741. The first-order valence-corrected chi connectivity index (χ1v) is 9.34. The van der Waals surface area contributed by atoms with Gasteiger partial charge in [0.2, 0.25) is 5.91 Å². The van der Waals surface area contributed by atoms with Gasteiger partial charge in [0.15, 0.2) is 11.5 Å². The Morgan fingerprint density at radius 3 is 2.23 bits per heavy atom. The quantitative estimate of drug-likeness (QED) is 0.689. The number of carbonyl (C=O) groups is 1. The van der Waals surface area contributed by atoms with Crippen LogP contribution in [0.25, 0.3) is 0 Å². The van der Waals surface area contributed by atoms with E-state index in [1.54, 1.807) is 14.2 Å². The molecule has 4 nitrogen and oxygen atoms in total. The van der Waals surface area contributed by atoms with Gasteiger partial charge < -0.3 is 14.8 Å². The summed E-state index contributed by atoms with van der Waals surface area (Å²) in [4.78, 5) is 12.3. The number of hydrogen-bond acceptors (Lipinski definition) is 3. The van der Waals surface area contributed by atoms with Crippen molar-refractivity contribution < 1.29 is 14.3 Å². The van der Waals surface area contributed by atoms with Crippen molar-refractivity contribution in [2.45, 2.75) is 26.7 Å². The lowest BCUT2D eigenvalue weighted by atomic mass is 9.85. The van der Waals surface area contributed by atoms with E-state index in [9.17, 15) is 4.79 Å². The van der Waals surface area contributed by atoms with E-state index in [4.69, 9.17) is 9.47 Å². The molecule has 0 aliphatic heterocycles. The van der Waals surface area contributed by atoms with E-state index >= 15 is 0 Å². The van der Waals surface area contributed by atoms with Crippen molar-refractivity contribution in [1.82, 2.24) is 5.32 Å². The molecular formula is C21H26BrNO3. The van der Waals surface area contributed by atoms with E-state index < -0.39 is 0 Å². The third-order valence-electron chi connectivity index (χ3n) is 4.17. The third kappa shape index (κ3) is 6.06. The number of ether oxygens (including phenoxy) is 2. The molecule has 0 heterocycles. The van der Waals surface area contributed by atoms with E-state index in [1.807, 2.05) is 30.3 Å². The molecule has 26 heavy (non-hydrogen) atoms. The molecule has 0 aromatic heterocycles. The fraction of sp³-hybridized carbons (Fsp3) is 0.381. The molecule has 0 saturated carbocycles. The largest absolute Gasteiger partial charge is 0.493 e. The lowest BCUT2D eigenvalue weighted by Gasteiger charge is -2.25. The summed E-state index contributed by atoms with van der Waals surface area (Å²) in [5.41, 5.74) is 2.12. The maximum atomic E-state index is 12.3. The number of halogens is 1. The fourth-order valence-corrected chi connectivity index (χ4v) is 3.06. The number of nitrogens with one attached hydrogen (secondary N) is 1. The number of amides is 1. The number of carbonyl (C=O) groups excluding carboxylic acids is 1. The summed E-state index contributed by atoms with van der Waals surface area (Å²) in [6, 6.07) is 13.8. The van der Waals surface area contributed by atoms with Crippen molar-refractivity contribution in [3.05, 3.63) is 58.1 Å². The molecule has 0 bridgehead atoms. The van der Waals surface area contributed by atoms with Gasteiger partial charge in [-0.3, -0.25) is 4.79 Å². The summed E-state index contributed by atoms with van der Waals surface area (Å²) in [6.45, 7) is 4.94. The zero-order valence-corrected chi connectivity index (χ0v) is 17.4. The predicted octanol–water partition coefficient (Wildman–Crippen LogP) is 4.39. The summed E-state index contributed by atoms with van der Waals surface area (Å²) in [6.07, 6.45) is 1.21. The van der Waals surface area contributed by atoms with E-state index in [0.29, 0.717) is 24.5 Å². The standard InChI is InChI=1S/C21H26BrNO3/c1-21(2,13-15-5-8-17(22)9-6-15)14-23-20(24)12-16-7-10-18(25-3)19(11-16)26-4/h5-11H,12-14H2,1-4H3,(H,23,24). The van der Waals surface area contributed by atoms with Gasteiger partial charge in [-0.15, -0.1) is 0 Å². The molecule has 0 aliphatic carbocycles. The Morgan fingerprint density at radius 1 is 1.00 bits per heavy atom. The minimum atomic E-state index is -0.0267. The summed E-state index contributed by atoms with van der Waals surface area (Å²) < 4.78 is 11.6. The topological polar surface area (TPSA) is 47.6 Å². The highest BCUT2D eigenvalue weighted by molar-refractivity contribution is 9.10. The second kappa shape index (κ2) is 9.08. The minimum absolute atomic E-state index is 0.00102. The van der Waals surface area contributed by atoms with Crippen molar-refractivity contribution in [3.8, 4) is 11.5 Å². The van der Waals surface area contributed by atoms with Gasteiger partial charge in [0.05, 0.1) is 20.6 Å². The van der Waals surface area contributed by atoms with Gasteiger partial charge in [-0.05, 0) is 47.2 Å². The van der Waals surface area contributed by atoms with Crippen LogP contribution in [0.15, 0.2) is 46.9 Å². The van der Waals surface area contributed by atoms with Crippen molar-refractivity contribution >= 4 is 21.8 Å². The summed E-state index contributed by atoms with van der Waals surface area (Å²) in [5.74, 6) is 1.29. The zero-order valence-electron chi connectivity index (χ0n) is 15.8. The average molecular weight is 420 g/mol. The van der Waals surface area contributed by atoms with Crippen LogP contribution >= 0.6 is 15.9 Å². The molecule has 0 spiro atoms. The lowest BCUT2D eigenvalue weighted by molar-refractivity contribution is -0.120. The van der Waals surface area contributed by atoms with Gasteiger partial charge in [0.1, 0.15) is 0 Å². The Hall–Kier alpha value is -2.01. The molecule has 1 amide bonds. The molecule has 2 aromatic carbocycles. The molecular weight excluding hydrogens is 394 g/mol. The van der Waals surface area contributed by atoms with Crippen molar-refractivity contribution in [3.63, 3.8) is 0 Å². The summed E-state index contributed by atoms with van der Waals surface area (Å²) in [5, 5.41) is 3.05. The molecule has 1 N–H and O–H groups in total. The van der Waals surface area contributed by atoms with E-state index in [-0.39, 0.29) is 11.3 Å². The molecule has 140 valence electrons. The van der Waals surface area contributed by atoms with Gasteiger partial charge >= 0.3 is 0 Å². The molecule has 2 aromatic rings. The summed E-state index contributed by atoms with van der Waals surface area (Å²) >= 11 is 3.45. The van der Waals surface area contributed by atoms with Crippen LogP contribution in [0.2, 0.25) is 0 Å². The van der Waals surface area contributed by atoms with E-state index in [0.717, 1.165) is 16.5 Å². The van der Waals surface area contributed by atoms with Gasteiger partial charge in [0.25, 0.3) is 0 Å². The Labute approximate surface area is 164 Å². The van der Waals surface area contributed by atoms with Crippen LogP contribution in [0.3, 0.4) is 0 Å². The van der Waals surface area contributed by atoms with Crippen LogP contribution in [0.4, 0.5) is 0 Å². The SMILES string of the molecule is COc1ccc(CC(=O)NCC(C)(C)Cc2ccc(Br)cc2)cc1OC. The van der Waals surface area contributed by atoms with Crippen LogP contribution < -0.4 is 14.8 Å². The fourth-order valence-electron chi connectivity index (χ4n) is 2.79. The monoisotopic (exact) mass is 419 g/mol. The van der Waals surface area contributed by atoms with Crippen LogP contribution in [0, 0.1) is 5.41 Å². The normalized spacial score (nSPS) is 11.1. The zero-order chi connectivity index (χ0) is 19.2. The van der Waals surface area contributed by atoms with Crippen LogP contribution in [0.1, 0.15) is 25.0 Å². The van der Waals surface area contributed by atoms with Crippen LogP contribution in [-0.4, -0.2) is 26.7 Å². The number of hydrogen-bond donors (Lipinski definition) is 1. The van der Waals surface area contributed by atoms with Gasteiger partial charge in [-0.1, -0.05) is 48.0 Å². The van der Waals surface area contributed by atoms with Gasteiger partial charge in [-0.2, -0.15) is 0 Å². The van der Waals surface area contributed by atoms with E-state index in [2.05, 4.69) is 47.2 Å². The molecule has 0 fully saturated rings. The molecule has 0 saturated heterocycles. The van der Waals surface area contributed by atoms with E-state index in [1.165, 1.54) is 5.56 Å². The highest BCUT2D eigenvalue weighted by Crippen LogP contribution is 2.28. The highest BCUT2D eigenvalue weighted by Gasteiger charge is 2.20. The predicted molar refractivity (Wildman–Crippen MR) is 108 cm³/mol. The molecule has 0 radical (unpaired) electrons.